The van der Waals surface area contributed by atoms with Crippen LogP contribution in [0.25, 0.3) is 0 Å². The fourth-order valence-corrected chi connectivity index (χ4v) is 1.55. The van der Waals surface area contributed by atoms with Crippen LogP contribution < -0.4 is 11.1 Å². The van der Waals surface area contributed by atoms with Gasteiger partial charge in [0.25, 0.3) is 5.91 Å². The number of hydrogen-bond acceptors (Lipinski definition) is 5. The molecule has 1 aromatic carbocycles. The number of nitrogens with one attached hydrogen (secondary N) is 1. The highest BCUT2D eigenvalue weighted by Gasteiger charge is 2.13. The summed E-state index contributed by atoms with van der Waals surface area (Å²) in [6.45, 7) is 0.821. The van der Waals surface area contributed by atoms with Crippen LogP contribution in [0.1, 0.15) is 16.1 Å². The van der Waals surface area contributed by atoms with Crippen LogP contribution in [0.15, 0.2) is 24.4 Å². The lowest BCUT2D eigenvalue weighted by atomic mass is 10.2. The van der Waals surface area contributed by atoms with Gasteiger partial charge in [0.2, 0.25) is 0 Å². The van der Waals surface area contributed by atoms with Gasteiger partial charge >= 0.3 is 0 Å². The Morgan fingerprint density at radius 3 is 3.05 bits per heavy atom. The van der Waals surface area contributed by atoms with Gasteiger partial charge in [0, 0.05) is 6.54 Å². The monoisotopic (exact) mass is 274 g/mol. The molecule has 0 aliphatic heterocycles. The van der Waals surface area contributed by atoms with Crippen molar-refractivity contribution in [3.63, 3.8) is 0 Å². The van der Waals surface area contributed by atoms with Crippen LogP contribution in [-0.4, -0.2) is 27.4 Å². The molecular weight excluding hydrogens is 263 g/mol. The summed E-state index contributed by atoms with van der Waals surface area (Å²) >= 11 is 0. The molecule has 0 spiro atoms. The molecule has 8 heteroatoms. The Hall–Kier alpha value is -2.79. The third kappa shape index (κ3) is 2.96. The van der Waals surface area contributed by atoms with Crippen molar-refractivity contribution in [3.05, 3.63) is 41.5 Å². The number of nitrogens with two attached hydrogens (primary N) is 1. The van der Waals surface area contributed by atoms with Crippen LogP contribution in [0.4, 0.5) is 10.1 Å². The molecule has 0 aliphatic rings. The molecule has 2 aromatic rings. The number of nitrogens with zero attached hydrogens (tertiary/aromatic N) is 4. The number of amides is 1. The lowest BCUT2D eigenvalue weighted by Gasteiger charge is -2.04. The van der Waals surface area contributed by atoms with Crippen LogP contribution in [0.5, 0.6) is 0 Å². The zero-order chi connectivity index (χ0) is 14.5. The van der Waals surface area contributed by atoms with Gasteiger partial charge in [0.15, 0.2) is 5.69 Å². The van der Waals surface area contributed by atoms with E-state index in [-0.39, 0.29) is 16.9 Å². The van der Waals surface area contributed by atoms with E-state index in [2.05, 4.69) is 15.6 Å². The maximum absolute atomic E-state index is 13.0. The van der Waals surface area contributed by atoms with Gasteiger partial charge in [0.1, 0.15) is 11.9 Å². The van der Waals surface area contributed by atoms with Gasteiger partial charge in [-0.15, -0.1) is 5.10 Å². The molecule has 0 saturated heterocycles. The van der Waals surface area contributed by atoms with Gasteiger partial charge in [-0.2, -0.15) is 5.26 Å². The van der Waals surface area contributed by atoms with Crippen molar-refractivity contribution in [2.45, 2.75) is 6.54 Å². The zero-order valence-electron chi connectivity index (χ0n) is 10.4. The van der Waals surface area contributed by atoms with Crippen LogP contribution in [0.3, 0.4) is 0 Å². The molecule has 2 rings (SSSR count). The van der Waals surface area contributed by atoms with Gasteiger partial charge in [-0.25, -0.2) is 4.39 Å². The first kappa shape index (κ1) is 13.6. The molecule has 1 heterocycles. The summed E-state index contributed by atoms with van der Waals surface area (Å²) in [6, 6.07) is 5.32. The van der Waals surface area contributed by atoms with Crippen LogP contribution in [0.2, 0.25) is 0 Å². The second kappa shape index (κ2) is 5.90. The highest BCUT2D eigenvalue weighted by atomic mass is 19.1. The van der Waals surface area contributed by atoms with Gasteiger partial charge in [-0.1, -0.05) is 5.21 Å². The van der Waals surface area contributed by atoms with Crippen molar-refractivity contribution < 1.29 is 9.18 Å². The number of benzene rings is 1. The van der Waals surface area contributed by atoms with Crippen molar-refractivity contribution in [1.82, 2.24) is 15.0 Å². The average molecular weight is 274 g/mol. The van der Waals surface area contributed by atoms with E-state index in [9.17, 15) is 9.18 Å². The Balaban J connectivity index is 2.17. The number of hydrogen-bond donors (Lipinski definition) is 2. The zero-order valence-corrected chi connectivity index (χ0v) is 10.4. The molecular formula is C12H11FN6O. The lowest BCUT2D eigenvalue weighted by Crippen LogP contribution is -2.13. The van der Waals surface area contributed by atoms with Crippen LogP contribution >= 0.6 is 0 Å². The van der Waals surface area contributed by atoms with E-state index in [1.54, 1.807) is 6.07 Å². The van der Waals surface area contributed by atoms with E-state index in [1.165, 1.54) is 16.9 Å². The van der Waals surface area contributed by atoms with Crippen molar-refractivity contribution in [2.24, 2.45) is 5.73 Å². The largest absolute Gasteiger partial charge is 0.329 e. The Labute approximate surface area is 113 Å². The first-order valence-electron chi connectivity index (χ1n) is 5.75. The van der Waals surface area contributed by atoms with E-state index >= 15 is 0 Å². The molecule has 0 fully saturated rings. The lowest BCUT2D eigenvalue weighted by molar-refractivity contribution is 0.102. The Morgan fingerprint density at radius 2 is 2.35 bits per heavy atom. The number of anilines is 1. The highest BCUT2D eigenvalue weighted by Crippen LogP contribution is 2.16. The number of carbonyl (C=O) groups excluding carboxylic acids is 1. The molecule has 0 radical (unpaired) electrons. The Bertz CT molecular complexity index is 675. The Kier molecular flexibility index (Phi) is 4.02. The molecule has 3 N–H and O–H groups in total. The summed E-state index contributed by atoms with van der Waals surface area (Å²) in [4.78, 5) is 11.9. The number of halogens is 1. The normalized spacial score (nSPS) is 10.1. The molecule has 7 nitrogen and oxygen atoms in total. The quantitative estimate of drug-likeness (QED) is 0.843. The minimum atomic E-state index is -0.548. The molecule has 1 amide bonds. The third-order valence-corrected chi connectivity index (χ3v) is 2.48. The van der Waals surface area contributed by atoms with E-state index in [0.29, 0.717) is 13.1 Å². The minimum Gasteiger partial charge on any atom is -0.329 e. The molecule has 0 bridgehead atoms. The molecule has 0 atom stereocenters. The summed E-state index contributed by atoms with van der Waals surface area (Å²) in [5.41, 5.74) is 5.70. The molecule has 20 heavy (non-hydrogen) atoms. The van der Waals surface area contributed by atoms with E-state index in [0.717, 1.165) is 12.1 Å². The van der Waals surface area contributed by atoms with Crippen LogP contribution in [-0.2, 0) is 6.54 Å². The predicted octanol–water partition coefficient (Wildman–Crippen LogP) is 0.500. The maximum atomic E-state index is 13.0. The minimum absolute atomic E-state index is 0.0349. The number of aromatic nitrogens is 3. The molecule has 0 saturated carbocycles. The number of nitriles is 1. The Morgan fingerprint density at radius 1 is 1.55 bits per heavy atom. The second-order valence-corrected chi connectivity index (χ2v) is 3.91. The first-order valence-corrected chi connectivity index (χ1v) is 5.75. The first-order chi connectivity index (χ1) is 9.63. The number of carbonyl (C=O) groups is 1. The fourth-order valence-electron chi connectivity index (χ4n) is 1.55. The van der Waals surface area contributed by atoms with Gasteiger partial charge in [0.05, 0.1) is 24.0 Å². The van der Waals surface area contributed by atoms with Gasteiger partial charge < -0.3 is 11.1 Å². The van der Waals surface area contributed by atoms with E-state index < -0.39 is 11.7 Å². The molecule has 102 valence electrons. The molecule has 1 aromatic heterocycles. The third-order valence-electron chi connectivity index (χ3n) is 2.48. The topological polar surface area (TPSA) is 110 Å². The van der Waals surface area contributed by atoms with Gasteiger partial charge in [-0.05, 0) is 18.2 Å². The van der Waals surface area contributed by atoms with E-state index in [1.807, 2.05) is 0 Å². The van der Waals surface area contributed by atoms with E-state index in [4.69, 9.17) is 11.0 Å². The molecule has 0 unspecified atom stereocenters. The summed E-state index contributed by atoms with van der Waals surface area (Å²) < 4.78 is 14.4. The summed E-state index contributed by atoms with van der Waals surface area (Å²) in [5.74, 6) is -1.08. The van der Waals surface area contributed by atoms with Crippen LogP contribution in [0, 0.1) is 17.1 Å². The van der Waals surface area contributed by atoms with Crippen molar-refractivity contribution in [3.8, 4) is 6.07 Å². The van der Waals surface area contributed by atoms with Crippen molar-refractivity contribution in [1.29, 1.82) is 5.26 Å². The summed E-state index contributed by atoms with van der Waals surface area (Å²) in [7, 11) is 0. The highest BCUT2D eigenvalue weighted by molar-refractivity contribution is 6.03. The summed E-state index contributed by atoms with van der Waals surface area (Å²) in [6.07, 6.45) is 1.44. The predicted molar refractivity (Wildman–Crippen MR) is 68.1 cm³/mol. The smallest absolute Gasteiger partial charge is 0.277 e. The van der Waals surface area contributed by atoms with Crippen molar-refractivity contribution in [2.75, 3.05) is 11.9 Å². The fraction of sp³-hybridized carbons (Fsp3) is 0.167. The number of rotatable bonds is 4. The average Bonchev–Trinajstić information content (AvgIpc) is 2.90. The van der Waals surface area contributed by atoms with Crippen molar-refractivity contribution >= 4 is 11.6 Å². The summed E-state index contributed by atoms with van der Waals surface area (Å²) in [5, 5.41) is 18.8. The van der Waals surface area contributed by atoms with Gasteiger partial charge in [-0.3, -0.25) is 9.48 Å². The standard InChI is InChI=1S/C12H11FN6O/c13-9-1-2-10(8(5-9)6-15)16-12(20)11-7-19(4-3-14)18-17-11/h1-2,5,7H,3-4,14H2,(H,16,20). The SMILES string of the molecule is N#Cc1cc(F)ccc1NC(=O)c1cn(CCN)nn1. The second-order valence-electron chi connectivity index (χ2n) is 3.91. The maximum Gasteiger partial charge on any atom is 0.277 e. The molecule has 0 aliphatic carbocycles.